The lowest BCUT2D eigenvalue weighted by Crippen LogP contribution is -2.38. The van der Waals surface area contributed by atoms with E-state index in [2.05, 4.69) is 13.8 Å². The van der Waals surface area contributed by atoms with Gasteiger partial charge in [-0.2, -0.15) is 0 Å². The van der Waals surface area contributed by atoms with Crippen LogP contribution in [0.5, 0.6) is 0 Å². The van der Waals surface area contributed by atoms with Gasteiger partial charge in [0.25, 0.3) is 0 Å². The number of carbonyl (C=O) groups excluding carboxylic acids is 1. The fourth-order valence-corrected chi connectivity index (χ4v) is 2.61. The molecule has 1 fully saturated rings. The van der Waals surface area contributed by atoms with E-state index < -0.39 is 0 Å². The molecule has 100 valence electrons. The molecular weight excluding hydrogens is 214 g/mol. The van der Waals surface area contributed by atoms with Crippen molar-refractivity contribution in [3.05, 3.63) is 0 Å². The molecule has 0 atom stereocenters. The van der Waals surface area contributed by atoms with Crippen LogP contribution in [-0.2, 0) is 9.53 Å². The Kier molecular flexibility index (Phi) is 6.56. The van der Waals surface area contributed by atoms with E-state index >= 15 is 0 Å². The van der Waals surface area contributed by atoms with Gasteiger partial charge < -0.3 is 9.64 Å². The number of hydrogen-bond donors (Lipinski definition) is 0. The zero-order valence-electron chi connectivity index (χ0n) is 11.6. The predicted molar refractivity (Wildman–Crippen MR) is 69.9 cm³/mol. The van der Waals surface area contributed by atoms with Crippen LogP contribution in [0.15, 0.2) is 0 Å². The summed E-state index contributed by atoms with van der Waals surface area (Å²) in [6.07, 6.45) is 5.18. The van der Waals surface area contributed by atoms with Crippen molar-refractivity contribution in [2.45, 2.75) is 46.0 Å². The summed E-state index contributed by atoms with van der Waals surface area (Å²) >= 11 is 0. The largest absolute Gasteiger partial charge is 0.385 e. The molecular formula is C14H27NO2. The Hall–Kier alpha value is -0.570. The van der Waals surface area contributed by atoms with Crippen LogP contribution in [0.1, 0.15) is 46.0 Å². The van der Waals surface area contributed by atoms with Crippen LogP contribution in [0.2, 0.25) is 0 Å². The molecule has 0 unspecified atom stereocenters. The summed E-state index contributed by atoms with van der Waals surface area (Å²) in [6.45, 7) is 7.17. The Morgan fingerprint density at radius 3 is 2.53 bits per heavy atom. The van der Waals surface area contributed by atoms with Gasteiger partial charge in [-0.15, -0.1) is 0 Å². The molecule has 0 saturated carbocycles. The lowest BCUT2D eigenvalue weighted by molar-refractivity contribution is -0.132. The topological polar surface area (TPSA) is 29.5 Å². The third kappa shape index (κ3) is 5.53. The quantitative estimate of drug-likeness (QED) is 0.669. The molecule has 1 saturated heterocycles. The highest BCUT2D eigenvalue weighted by atomic mass is 16.5. The van der Waals surface area contributed by atoms with E-state index in [1.807, 2.05) is 4.90 Å². The number of carbonyl (C=O) groups is 1. The molecule has 0 aromatic rings. The van der Waals surface area contributed by atoms with Gasteiger partial charge >= 0.3 is 0 Å². The van der Waals surface area contributed by atoms with Gasteiger partial charge in [-0.1, -0.05) is 13.8 Å². The maximum atomic E-state index is 11.9. The first-order valence-electron chi connectivity index (χ1n) is 6.90. The van der Waals surface area contributed by atoms with Crippen LogP contribution in [-0.4, -0.2) is 37.6 Å². The van der Waals surface area contributed by atoms with E-state index in [0.29, 0.717) is 18.9 Å². The molecule has 3 heteroatoms. The standard InChI is InChI=1S/C14H27NO2/c1-12(2)11-13-6-8-15(9-7-13)14(16)5-4-10-17-3/h12-13H,4-11H2,1-3H3. The normalized spacial score (nSPS) is 17.8. The number of rotatable bonds is 6. The third-order valence-electron chi connectivity index (χ3n) is 3.51. The van der Waals surface area contributed by atoms with Crippen molar-refractivity contribution in [3.63, 3.8) is 0 Å². The van der Waals surface area contributed by atoms with Crippen molar-refractivity contribution in [1.82, 2.24) is 4.90 Å². The number of hydrogen-bond acceptors (Lipinski definition) is 2. The summed E-state index contributed by atoms with van der Waals surface area (Å²) in [5.74, 6) is 1.92. The van der Waals surface area contributed by atoms with E-state index in [1.54, 1.807) is 7.11 Å². The second kappa shape index (κ2) is 7.70. The first-order chi connectivity index (χ1) is 8.13. The lowest BCUT2D eigenvalue weighted by atomic mass is 9.88. The molecule has 0 spiro atoms. The number of amides is 1. The molecule has 1 rings (SSSR count). The molecule has 1 amide bonds. The van der Waals surface area contributed by atoms with E-state index in [9.17, 15) is 4.79 Å². The molecule has 0 bridgehead atoms. The highest BCUT2D eigenvalue weighted by molar-refractivity contribution is 5.76. The van der Waals surface area contributed by atoms with Crippen molar-refractivity contribution < 1.29 is 9.53 Å². The highest BCUT2D eigenvalue weighted by Gasteiger charge is 2.22. The minimum Gasteiger partial charge on any atom is -0.385 e. The Balaban J connectivity index is 2.19. The summed E-state index contributed by atoms with van der Waals surface area (Å²) in [6, 6.07) is 0. The van der Waals surface area contributed by atoms with Crippen LogP contribution in [0.3, 0.4) is 0 Å². The number of likely N-dealkylation sites (tertiary alicyclic amines) is 1. The Morgan fingerprint density at radius 2 is 2.00 bits per heavy atom. The van der Waals surface area contributed by atoms with Gasteiger partial charge in [-0.25, -0.2) is 0 Å². The van der Waals surface area contributed by atoms with E-state index in [0.717, 1.165) is 31.3 Å². The first-order valence-corrected chi connectivity index (χ1v) is 6.90. The van der Waals surface area contributed by atoms with Gasteiger partial charge in [0, 0.05) is 33.2 Å². The molecule has 1 aliphatic heterocycles. The van der Waals surface area contributed by atoms with E-state index in [-0.39, 0.29) is 0 Å². The van der Waals surface area contributed by atoms with Gasteiger partial charge in [0.1, 0.15) is 0 Å². The summed E-state index contributed by atoms with van der Waals surface area (Å²) < 4.78 is 4.97. The number of ether oxygens (including phenoxy) is 1. The molecule has 0 aromatic carbocycles. The number of piperidine rings is 1. The van der Waals surface area contributed by atoms with Crippen molar-refractivity contribution in [3.8, 4) is 0 Å². The molecule has 1 heterocycles. The predicted octanol–water partition coefficient (Wildman–Crippen LogP) is 2.70. The molecule has 0 aromatic heterocycles. The van der Waals surface area contributed by atoms with Gasteiger partial charge in [-0.05, 0) is 37.5 Å². The van der Waals surface area contributed by atoms with Crippen molar-refractivity contribution in [2.24, 2.45) is 11.8 Å². The number of nitrogens with zero attached hydrogens (tertiary/aromatic N) is 1. The fourth-order valence-electron chi connectivity index (χ4n) is 2.61. The Labute approximate surface area is 106 Å². The minimum absolute atomic E-state index is 0.310. The van der Waals surface area contributed by atoms with Gasteiger partial charge in [0.15, 0.2) is 0 Å². The van der Waals surface area contributed by atoms with Crippen LogP contribution in [0.4, 0.5) is 0 Å². The van der Waals surface area contributed by atoms with Crippen LogP contribution in [0, 0.1) is 11.8 Å². The maximum Gasteiger partial charge on any atom is 0.222 e. The smallest absolute Gasteiger partial charge is 0.222 e. The fraction of sp³-hybridized carbons (Fsp3) is 0.929. The number of methoxy groups -OCH3 is 1. The molecule has 1 aliphatic rings. The Morgan fingerprint density at radius 1 is 1.35 bits per heavy atom. The summed E-state index contributed by atoms with van der Waals surface area (Å²) in [7, 11) is 1.68. The first kappa shape index (κ1) is 14.5. The van der Waals surface area contributed by atoms with Gasteiger partial charge in [0.05, 0.1) is 0 Å². The van der Waals surface area contributed by atoms with Crippen molar-refractivity contribution in [1.29, 1.82) is 0 Å². The molecule has 17 heavy (non-hydrogen) atoms. The highest BCUT2D eigenvalue weighted by Crippen LogP contribution is 2.24. The van der Waals surface area contributed by atoms with E-state index in [1.165, 1.54) is 19.3 Å². The van der Waals surface area contributed by atoms with Crippen LogP contribution >= 0.6 is 0 Å². The molecule has 0 aliphatic carbocycles. The second-order valence-corrected chi connectivity index (χ2v) is 5.55. The zero-order valence-corrected chi connectivity index (χ0v) is 11.6. The monoisotopic (exact) mass is 241 g/mol. The zero-order chi connectivity index (χ0) is 12.7. The van der Waals surface area contributed by atoms with Crippen LogP contribution in [0.25, 0.3) is 0 Å². The average molecular weight is 241 g/mol. The molecule has 0 radical (unpaired) electrons. The van der Waals surface area contributed by atoms with Gasteiger partial charge in [0.2, 0.25) is 5.91 Å². The SMILES string of the molecule is COCCCC(=O)N1CCC(CC(C)C)CC1. The Bertz CT molecular complexity index is 220. The minimum atomic E-state index is 0.310. The molecule has 3 nitrogen and oxygen atoms in total. The third-order valence-corrected chi connectivity index (χ3v) is 3.51. The summed E-state index contributed by atoms with van der Waals surface area (Å²) in [5.41, 5.74) is 0. The van der Waals surface area contributed by atoms with Crippen molar-refractivity contribution >= 4 is 5.91 Å². The summed E-state index contributed by atoms with van der Waals surface area (Å²) in [5, 5.41) is 0. The summed E-state index contributed by atoms with van der Waals surface area (Å²) in [4.78, 5) is 13.9. The van der Waals surface area contributed by atoms with E-state index in [4.69, 9.17) is 4.74 Å². The van der Waals surface area contributed by atoms with Crippen LogP contribution < -0.4 is 0 Å². The van der Waals surface area contributed by atoms with Gasteiger partial charge in [-0.3, -0.25) is 4.79 Å². The average Bonchev–Trinajstić information content (AvgIpc) is 2.29. The van der Waals surface area contributed by atoms with Crippen molar-refractivity contribution in [2.75, 3.05) is 26.8 Å². The lowest BCUT2D eigenvalue weighted by Gasteiger charge is -2.32. The molecule has 0 N–H and O–H groups in total. The second-order valence-electron chi connectivity index (χ2n) is 5.55. The maximum absolute atomic E-state index is 11.9.